The topological polar surface area (TPSA) is 75.9 Å². The average Bonchev–Trinajstić information content (AvgIpc) is 2.01. The van der Waals surface area contributed by atoms with Gasteiger partial charge < -0.3 is 11.5 Å². The highest BCUT2D eigenvalue weighted by Gasteiger charge is 2.33. The zero-order valence-corrected chi connectivity index (χ0v) is 7.02. The van der Waals surface area contributed by atoms with Crippen LogP contribution in [0.15, 0.2) is 18.2 Å². The molecule has 0 aliphatic rings. The van der Waals surface area contributed by atoms with Gasteiger partial charge >= 0.3 is 6.18 Å². The molecular formula is C8H8F3N3. The Morgan fingerprint density at radius 2 is 1.86 bits per heavy atom. The average molecular weight is 203 g/mol. The van der Waals surface area contributed by atoms with Gasteiger partial charge in [0.1, 0.15) is 5.84 Å². The molecular weight excluding hydrogens is 195 g/mol. The molecule has 1 aromatic rings. The van der Waals surface area contributed by atoms with Gasteiger partial charge in [-0.15, -0.1) is 0 Å². The van der Waals surface area contributed by atoms with Gasteiger partial charge in [0, 0.05) is 11.3 Å². The Morgan fingerprint density at radius 1 is 1.29 bits per heavy atom. The molecule has 0 amide bonds. The Balaban J connectivity index is 3.37. The van der Waals surface area contributed by atoms with Crippen LogP contribution in [-0.4, -0.2) is 5.84 Å². The summed E-state index contributed by atoms with van der Waals surface area (Å²) in [6.45, 7) is 0. The van der Waals surface area contributed by atoms with Crippen molar-refractivity contribution >= 4 is 11.5 Å². The largest absolute Gasteiger partial charge is 0.417 e. The van der Waals surface area contributed by atoms with Gasteiger partial charge in [-0.2, -0.15) is 13.2 Å². The van der Waals surface area contributed by atoms with Gasteiger partial charge in [0.15, 0.2) is 0 Å². The molecule has 0 aliphatic carbocycles. The lowest BCUT2D eigenvalue weighted by Crippen LogP contribution is -2.19. The second-order valence-corrected chi connectivity index (χ2v) is 2.72. The summed E-state index contributed by atoms with van der Waals surface area (Å²) in [6, 6.07) is 2.96. The summed E-state index contributed by atoms with van der Waals surface area (Å²) >= 11 is 0. The number of amidine groups is 1. The molecule has 0 saturated carbocycles. The minimum atomic E-state index is -4.52. The molecule has 0 radical (unpaired) electrons. The van der Waals surface area contributed by atoms with Gasteiger partial charge in [0.25, 0.3) is 0 Å². The summed E-state index contributed by atoms with van der Waals surface area (Å²) in [4.78, 5) is 0. The summed E-state index contributed by atoms with van der Waals surface area (Å²) in [5, 5.41) is 6.98. The number of nitrogens with two attached hydrogens (primary N) is 2. The van der Waals surface area contributed by atoms with Gasteiger partial charge in [0.2, 0.25) is 0 Å². The third-order valence-electron chi connectivity index (χ3n) is 1.64. The molecule has 0 saturated heterocycles. The number of rotatable bonds is 1. The lowest BCUT2D eigenvalue weighted by Gasteiger charge is -2.11. The number of alkyl halides is 3. The summed E-state index contributed by atoms with van der Waals surface area (Å²) in [5.41, 5.74) is 9.10. The van der Waals surface area contributed by atoms with Crippen LogP contribution >= 0.6 is 0 Å². The zero-order valence-electron chi connectivity index (χ0n) is 7.02. The first-order chi connectivity index (χ1) is 6.32. The molecule has 0 fully saturated rings. The summed E-state index contributed by atoms with van der Waals surface area (Å²) in [7, 11) is 0. The Labute approximate surface area is 78.0 Å². The Kier molecular flexibility index (Phi) is 2.37. The van der Waals surface area contributed by atoms with Crippen molar-refractivity contribution in [1.29, 1.82) is 5.41 Å². The van der Waals surface area contributed by atoms with Crippen LogP contribution in [0.1, 0.15) is 11.1 Å². The molecule has 0 aromatic heterocycles. The Hall–Kier alpha value is -1.72. The second-order valence-electron chi connectivity index (χ2n) is 2.72. The van der Waals surface area contributed by atoms with Gasteiger partial charge in [-0.3, -0.25) is 5.41 Å². The van der Waals surface area contributed by atoms with Crippen LogP contribution in [0.25, 0.3) is 0 Å². The number of nitrogens with one attached hydrogen (secondary N) is 1. The van der Waals surface area contributed by atoms with Crippen molar-refractivity contribution in [3.05, 3.63) is 29.3 Å². The zero-order chi connectivity index (χ0) is 10.9. The molecule has 6 heteroatoms. The predicted octanol–water partition coefficient (Wildman–Crippen LogP) is 1.57. The smallest absolute Gasteiger partial charge is 0.399 e. The van der Waals surface area contributed by atoms with Crippen molar-refractivity contribution in [1.82, 2.24) is 0 Å². The van der Waals surface area contributed by atoms with Crippen molar-refractivity contribution in [3.8, 4) is 0 Å². The molecule has 0 spiro atoms. The highest BCUT2D eigenvalue weighted by molar-refractivity contribution is 5.97. The molecule has 0 aliphatic heterocycles. The van der Waals surface area contributed by atoms with Crippen molar-refractivity contribution in [2.45, 2.75) is 6.18 Å². The molecule has 5 N–H and O–H groups in total. The molecule has 14 heavy (non-hydrogen) atoms. The predicted molar refractivity (Wildman–Crippen MR) is 46.9 cm³/mol. The third kappa shape index (κ3) is 1.95. The van der Waals surface area contributed by atoms with Gasteiger partial charge in [0.05, 0.1) is 5.56 Å². The number of anilines is 1. The van der Waals surface area contributed by atoms with E-state index in [9.17, 15) is 13.2 Å². The normalized spacial score (nSPS) is 11.4. The first-order valence-corrected chi connectivity index (χ1v) is 3.63. The number of nitrogen functional groups attached to an aromatic ring is 2. The Bertz CT molecular complexity index is 371. The highest BCUT2D eigenvalue weighted by atomic mass is 19.4. The molecule has 0 unspecified atom stereocenters. The van der Waals surface area contributed by atoms with Gasteiger partial charge in [-0.25, -0.2) is 0 Å². The maximum Gasteiger partial charge on any atom is 0.417 e. The van der Waals surface area contributed by atoms with Crippen LogP contribution in [0, 0.1) is 5.41 Å². The Morgan fingerprint density at radius 3 is 2.29 bits per heavy atom. The molecule has 0 heterocycles. The van der Waals surface area contributed by atoms with E-state index in [1.54, 1.807) is 0 Å². The van der Waals surface area contributed by atoms with E-state index < -0.39 is 23.1 Å². The van der Waals surface area contributed by atoms with E-state index in [0.717, 1.165) is 18.2 Å². The maximum absolute atomic E-state index is 12.3. The first kappa shape index (κ1) is 10.4. The molecule has 76 valence electrons. The van der Waals surface area contributed by atoms with E-state index in [4.69, 9.17) is 16.9 Å². The standard InChI is InChI=1S/C8H8F3N3/c9-8(10,11)6-2-1-4(12)3-5(6)7(13)14/h1-3H,12H2,(H3,13,14). The fourth-order valence-corrected chi connectivity index (χ4v) is 1.03. The van der Waals surface area contributed by atoms with Crippen LogP contribution in [0.5, 0.6) is 0 Å². The number of halogens is 3. The minimum absolute atomic E-state index is 0.142. The third-order valence-corrected chi connectivity index (χ3v) is 1.64. The monoisotopic (exact) mass is 203 g/mol. The fraction of sp³-hybridized carbons (Fsp3) is 0.125. The highest BCUT2D eigenvalue weighted by Crippen LogP contribution is 2.32. The number of hydrogen-bond donors (Lipinski definition) is 3. The lowest BCUT2D eigenvalue weighted by atomic mass is 10.1. The first-order valence-electron chi connectivity index (χ1n) is 3.63. The lowest BCUT2D eigenvalue weighted by molar-refractivity contribution is -0.137. The van der Waals surface area contributed by atoms with Crippen LogP contribution < -0.4 is 11.5 Å². The van der Waals surface area contributed by atoms with E-state index in [1.807, 2.05) is 0 Å². The van der Waals surface area contributed by atoms with Gasteiger partial charge in [-0.1, -0.05) is 0 Å². The quantitative estimate of drug-likeness (QED) is 0.368. The molecule has 1 aromatic carbocycles. The van der Waals surface area contributed by atoms with E-state index in [2.05, 4.69) is 0 Å². The van der Waals surface area contributed by atoms with E-state index in [-0.39, 0.29) is 5.69 Å². The van der Waals surface area contributed by atoms with Crippen molar-refractivity contribution < 1.29 is 13.2 Å². The van der Waals surface area contributed by atoms with Crippen molar-refractivity contribution in [2.24, 2.45) is 5.73 Å². The minimum Gasteiger partial charge on any atom is -0.399 e. The van der Waals surface area contributed by atoms with Crippen LogP contribution in [0.2, 0.25) is 0 Å². The van der Waals surface area contributed by atoms with Crippen LogP contribution in [0.4, 0.5) is 18.9 Å². The van der Waals surface area contributed by atoms with Crippen molar-refractivity contribution in [2.75, 3.05) is 5.73 Å². The van der Waals surface area contributed by atoms with Crippen molar-refractivity contribution in [3.63, 3.8) is 0 Å². The van der Waals surface area contributed by atoms with E-state index >= 15 is 0 Å². The summed E-state index contributed by atoms with van der Waals surface area (Å²) < 4.78 is 37.0. The summed E-state index contributed by atoms with van der Waals surface area (Å²) in [5.74, 6) is -0.648. The molecule has 1 rings (SSSR count). The van der Waals surface area contributed by atoms with Crippen LogP contribution in [-0.2, 0) is 6.18 Å². The molecule has 0 atom stereocenters. The SMILES string of the molecule is N=C(N)c1cc(N)ccc1C(F)(F)F. The maximum atomic E-state index is 12.3. The second kappa shape index (κ2) is 3.21. The number of benzene rings is 1. The molecule has 3 nitrogen and oxygen atoms in total. The fourth-order valence-electron chi connectivity index (χ4n) is 1.03. The number of hydrogen-bond acceptors (Lipinski definition) is 2. The van der Waals surface area contributed by atoms with Crippen LogP contribution in [0.3, 0.4) is 0 Å². The summed E-state index contributed by atoms with van der Waals surface area (Å²) in [6.07, 6.45) is -4.52. The van der Waals surface area contributed by atoms with E-state index in [1.165, 1.54) is 0 Å². The molecule has 0 bridgehead atoms. The van der Waals surface area contributed by atoms with Gasteiger partial charge in [-0.05, 0) is 18.2 Å². The van der Waals surface area contributed by atoms with E-state index in [0.29, 0.717) is 0 Å².